The van der Waals surface area contributed by atoms with E-state index >= 15 is 0 Å². The number of carbonyl (C=O) groups excluding carboxylic acids is 1. The average molecular weight is 389 g/mol. The maximum Gasteiger partial charge on any atom is 0.254 e. The summed E-state index contributed by atoms with van der Waals surface area (Å²) in [6.45, 7) is 1.80. The standard InChI is InChI=1S/C19H21BrN2O2/c20-17-5-1-2-6-18(17)24-13-14-7-9-15(10-8-14)19(23)22-11-3-4-16(22)12-21/h1-2,5-10,16H,3-4,11-13,21H2. The molecule has 0 saturated carbocycles. The van der Waals surface area contributed by atoms with Crippen molar-refractivity contribution in [2.45, 2.75) is 25.5 Å². The van der Waals surface area contributed by atoms with Gasteiger partial charge >= 0.3 is 0 Å². The fraction of sp³-hybridized carbons (Fsp3) is 0.316. The van der Waals surface area contributed by atoms with Crippen molar-refractivity contribution in [3.05, 3.63) is 64.1 Å². The summed E-state index contributed by atoms with van der Waals surface area (Å²) >= 11 is 3.47. The lowest BCUT2D eigenvalue weighted by atomic mass is 10.1. The van der Waals surface area contributed by atoms with Crippen molar-refractivity contribution in [1.82, 2.24) is 4.90 Å². The molecule has 1 aliphatic rings. The molecule has 1 fully saturated rings. The van der Waals surface area contributed by atoms with Crippen LogP contribution >= 0.6 is 15.9 Å². The molecular formula is C19H21BrN2O2. The number of rotatable bonds is 5. The van der Waals surface area contributed by atoms with Gasteiger partial charge in [-0.15, -0.1) is 0 Å². The first-order valence-corrected chi connectivity index (χ1v) is 8.95. The summed E-state index contributed by atoms with van der Waals surface area (Å²) in [6, 6.07) is 15.5. The van der Waals surface area contributed by atoms with E-state index in [0.29, 0.717) is 18.7 Å². The van der Waals surface area contributed by atoms with E-state index in [9.17, 15) is 4.79 Å². The summed E-state index contributed by atoms with van der Waals surface area (Å²) in [5, 5.41) is 0. The molecule has 1 saturated heterocycles. The molecule has 24 heavy (non-hydrogen) atoms. The van der Waals surface area contributed by atoms with E-state index in [1.54, 1.807) is 0 Å². The molecule has 1 unspecified atom stereocenters. The van der Waals surface area contributed by atoms with Gasteiger partial charge in [-0.05, 0) is 58.6 Å². The number of benzene rings is 2. The highest BCUT2D eigenvalue weighted by Crippen LogP contribution is 2.25. The number of nitrogens with zero attached hydrogens (tertiary/aromatic N) is 1. The van der Waals surface area contributed by atoms with Gasteiger partial charge in [-0.3, -0.25) is 4.79 Å². The quantitative estimate of drug-likeness (QED) is 0.851. The zero-order valence-electron chi connectivity index (χ0n) is 13.5. The van der Waals surface area contributed by atoms with Crippen molar-refractivity contribution in [2.75, 3.05) is 13.1 Å². The highest BCUT2D eigenvalue weighted by Gasteiger charge is 2.28. The van der Waals surface area contributed by atoms with Gasteiger partial charge in [-0.2, -0.15) is 0 Å². The van der Waals surface area contributed by atoms with E-state index in [-0.39, 0.29) is 11.9 Å². The van der Waals surface area contributed by atoms with Gasteiger partial charge in [0.2, 0.25) is 0 Å². The molecule has 0 bridgehead atoms. The van der Waals surface area contributed by atoms with E-state index in [1.807, 2.05) is 53.4 Å². The van der Waals surface area contributed by atoms with Crippen molar-refractivity contribution in [3.63, 3.8) is 0 Å². The first-order chi connectivity index (χ1) is 11.7. The van der Waals surface area contributed by atoms with E-state index in [4.69, 9.17) is 10.5 Å². The van der Waals surface area contributed by atoms with Gasteiger partial charge in [0.05, 0.1) is 4.47 Å². The number of hydrogen-bond acceptors (Lipinski definition) is 3. The Bertz CT molecular complexity index is 703. The smallest absolute Gasteiger partial charge is 0.254 e. The van der Waals surface area contributed by atoms with Crippen LogP contribution in [0, 0.1) is 0 Å². The lowest BCUT2D eigenvalue weighted by Crippen LogP contribution is -2.39. The monoisotopic (exact) mass is 388 g/mol. The molecule has 0 radical (unpaired) electrons. The Morgan fingerprint density at radius 2 is 1.96 bits per heavy atom. The summed E-state index contributed by atoms with van der Waals surface area (Å²) in [5.41, 5.74) is 7.49. The molecule has 1 aliphatic heterocycles. The summed E-state index contributed by atoms with van der Waals surface area (Å²) < 4.78 is 6.73. The van der Waals surface area contributed by atoms with E-state index < -0.39 is 0 Å². The van der Waals surface area contributed by atoms with Crippen molar-refractivity contribution < 1.29 is 9.53 Å². The second kappa shape index (κ2) is 7.81. The molecule has 0 spiro atoms. The van der Waals surface area contributed by atoms with Crippen molar-refractivity contribution >= 4 is 21.8 Å². The van der Waals surface area contributed by atoms with Gasteiger partial charge in [0, 0.05) is 24.7 Å². The van der Waals surface area contributed by atoms with Crippen molar-refractivity contribution in [2.24, 2.45) is 5.73 Å². The van der Waals surface area contributed by atoms with Crippen LogP contribution in [0.25, 0.3) is 0 Å². The van der Waals surface area contributed by atoms with Gasteiger partial charge in [0.1, 0.15) is 12.4 Å². The lowest BCUT2D eigenvalue weighted by Gasteiger charge is -2.23. The Labute approximate surface area is 150 Å². The molecule has 4 nitrogen and oxygen atoms in total. The minimum absolute atomic E-state index is 0.0706. The zero-order chi connectivity index (χ0) is 16.9. The topological polar surface area (TPSA) is 55.6 Å². The van der Waals surface area contributed by atoms with Crippen LogP contribution in [0.1, 0.15) is 28.8 Å². The average Bonchev–Trinajstić information content (AvgIpc) is 3.09. The third kappa shape index (κ3) is 3.79. The summed E-state index contributed by atoms with van der Waals surface area (Å²) in [6.07, 6.45) is 2.03. The highest BCUT2D eigenvalue weighted by molar-refractivity contribution is 9.10. The molecule has 1 amide bonds. The molecular weight excluding hydrogens is 368 g/mol. The van der Waals surface area contributed by atoms with Gasteiger partial charge in [0.25, 0.3) is 5.91 Å². The molecule has 0 aromatic heterocycles. The number of para-hydroxylation sites is 1. The number of hydrogen-bond donors (Lipinski definition) is 1. The van der Waals surface area contributed by atoms with Crippen molar-refractivity contribution in [3.8, 4) is 5.75 Å². The predicted octanol–water partition coefficient (Wildman–Crippen LogP) is 3.59. The third-order valence-corrected chi connectivity index (χ3v) is 5.00. The molecule has 3 rings (SSSR count). The fourth-order valence-corrected chi connectivity index (χ4v) is 3.38. The maximum absolute atomic E-state index is 12.6. The second-order valence-electron chi connectivity index (χ2n) is 5.95. The Hall–Kier alpha value is -1.85. The van der Waals surface area contributed by atoms with Gasteiger partial charge in [0.15, 0.2) is 0 Å². The highest BCUT2D eigenvalue weighted by atomic mass is 79.9. The molecule has 2 aromatic rings. The van der Waals surface area contributed by atoms with Crippen LogP contribution in [0.2, 0.25) is 0 Å². The van der Waals surface area contributed by atoms with E-state index in [0.717, 1.165) is 35.2 Å². The number of ether oxygens (including phenoxy) is 1. The Morgan fingerprint density at radius 3 is 2.67 bits per heavy atom. The van der Waals surface area contributed by atoms with E-state index in [1.165, 1.54) is 0 Å². The van der Waals surface area contributed by atoms with Gasteiger partial charge in [-0.1, -0.05) is 24.3 Å². The summed E-state index contributed by atoms with van der Waals surface area (Å²) in [5.74, 6) is 0.877. The predicted molar refractivity (Wildman–Crippen MR) is 98.0 cm³/mol. The zero-order valence-corrected chi connectivity index (χ0v) is 15.0. The Balaban J connectivity index is 1.63. The van der Waals surface area contributed by atoms with Crippen LogP contribution < -0.4 is 10.5 Å². The minimum atomic E-state index is 0.0706. The molecule has 2 aromatic carbocycles. The molecule has 2 N–H and O–H groups in total. The SMILES string of the molecule is NCC1CCCN1C(=O)c1ccc(COc2ccccc2Br)cc1. The van der Waals surface area contributed by atoms with Crippen LogP contribution in [0.3, 0.4) is 0 Å². The number of halogens is 1. The normalized spacial score (nSPS) is 17.1. The van der Waals surface area contributed by atoms with Crippen LogP contribution in [-0.4, -0.2) is 29.9 Å². The molecule has 5 heteroatoms. The van der Waals surface area contributed by atoms with Crippen LogP contribution in [-0.2, 0) is 6.61 Å². The van der Waals surface area contributed by atoms with Gasteiger partial charge in [-0.25, -0.2) is 0 Å². The summed E-state index contributed by atoms with van der Waals surface area (Å²) in [4.78, 5) is 14.5. The van der Waals surface area contributed by atoms with Crippen LogP contribution in [0.4, 0.5) is 0 Å². The number of carbonyl (C=O) groups is 1. The van der Waals surface area contributed by atoms with Crippen LogP contribution in [0.5, 0.6) is 5.75 Å². The summed E-state index contributed by atoms with van der Waals surface area (Å²) in [7, 11) is 0. The second-order valence-corrected chi connectivity index (χ2v) is 6.80. The number of amides is 1. The first-order valence-electron chi connectivity index (χ1n) is 8.16. The number of likely N-dealkylation sites (tertiary alicyclic amines) is 1. The van der Waals surface area contributed by atoms with Crippen LogP contribution in [0.15, 0.2) is 53.0 Å². The fourth-order valence-electron chi connectivity index (χ4n) is 2.98. The largest absolute Gasteiger partial charge is 0.488 e. The molecule has 1 atom stereocenters. The lowest BCUT2D eigenvalue weighted by molar-refractivity contribution is 0.0741. The first kappa shape index (κ1) is 17.0. The third-order valence-electron chi connectivity index (χ3n) is 4.34. The Morgan fingerprint density at radius 1 is 1.21 bits per heavy atom. The maximum atomic E-state index is 12.6. The Kier molecular flexibility index (Phi) is 5.53. The van der Waals surface area contributed by atoms with Gasteiger partial charge < -0.3 is 15.4 Å². The van der Waals surface area contributed by atoms with E-state index in [2.05, 4.69) is 15.9 Å². The minimum Gasteiger partial charge on any atom is -0.488 e. The van der Waals surface area contributed by atoms with Crippen molar-refractivity contribution in [1.29, 1.82) is 0 Å². The number of nitrogens with two attached hydrogens (primary N) is 1. The molecule has 126 valence electrons. The molecule has 0 aliphatic carbocycles. The molecule has 1 heterocycles.